The van der Waals surface area contributed by atoms with E-state index >= 15 is 0 Å². The maximum absolute atomic E-state index is 12.2. The molecule has 0 fully saturated rings. The summed E-state index contributed by atoms with van der Waals surface area (Å²) in [4.78, 5) is 21.2. The van der Waals surface area contributed by atoms with E-state index in [-0.39, 0.29) is 6.03 Å². The fourth-order valence-corrected chi connectivity index (χ4v) is 2.87. The minimum atomic E-state index is -0.323. The minimum Gasteiger partial charge on any atom is -0.308 e. The van der Waals surface area contributed by atoms with Gasteiger partial charge in [-0.2, -0.15) is 5.10 Å². The normalized spacial score (nSPS) is 10.7. The molecular weight excluding hydrogens is 408 g/mol. The fourth-order valence-electron chi connectivity index (χ4n) is 2.61. The summed E-state index contributed by atoms with van der Waals surface area (Å²) in [6.07, 6.45) is 5.33. The van der Waals surface area contributed by atoms with Gasteiger partial charge in [-0.1, -0.05) is 15.9 Å². The predicted octanol–water partition coefficient (Wildman–Crippen LogP) is 4.44. The highest BCUT2D eigenvalue weighted by atomic mass is 79.9. The third kappa shape index (κ3) is 3.95. The van der Waals surface area contributed by atoms with E-state index in [9.17, 15) is 4.79 Å². The number of anilines is 2. The molecule has 0 saturated carbocycles. The summed E-state index contributed by atoms with van der Waals surface area (Å²) in [5.74, 6) is 0. The second-order valence-electron chi connectivity index (χ2n) is 5.95. The monoisotopic (exact) mass is 422 g/mol. The second kappa shape index (κ2) is 7.16. The van der Waals surface area contributed by atoms with Crippen LogP contribution < -0.4 is 10.6 Å². The summed E-state index contributed by atoms with van der Waals surface area (Å²) >= 11 is 3.36. The zero-order chi connectivity index (χ0) is 18.8. The van der Waals surface area contributed by atoms with Crippen LogP contribution in [0.5, 0.6) is 0 Å². The summed E-state index contributed by atoms with van der Waals surface area (Å²) in [5.41, 5.74) is 4.45. The number of amides is 2. The quantitative estimate of drug-likeness (QED) is 0.511. The van der Waals surface area contributed by atoms with E-state index in [1.54, 1.807) is 29.2 Å². The summed E-state index contributed by atoms with van der Waals surface area (Å²) in [7, 11) is 1.86. The molecule has 2 aromatic heterocycles. The number of carbonyl (C=O) groups excluding carboxylic acids is 1. The van der Waals surface area contributed by atoms with Gasteiger partial charge in [-0.25, -0.2) is 9.78 Å². The number of urea groups is 1. The van der Waals surface area contributed by atoms with Crippen molar-refractivity contribution in [1.82, 2.24) is 19.7 Å². The number of hydrogen-bond acceptors (Lipinski definition) is 4. The van der Waals surface area contributed by atoms with Crippen LogP contribution in [0.15, 0.2) is 65.5 Å². The molecule has 2 amide bonds. The molecule has 7 nitrogen and oxygen atoms in total. The lowest BCUT2D eigenvalue weighted by molar-refractivity contribution is 0.262. The Morgan fingerprint density at radius 2 is 1.74 bits per heavy atom. The van der Waals surface area contributed by atoms with E-state index in [4.69, 9.17) is 0 Å². The Balaban J connectivity index is 1.51. The molecule has 4 aromatic rings. The van der Waals surface area contributed by atoms with Crippen molar-refractivity contribution < 1.29 is 4.79 Å². The van der Waals surface area contributed by atoms with Crippen LogP contribution >= 0.6 is 15.9 Å². The van der Waals surface area contributed by atoms with Crippen LogP contribution in [0.25, 0.3) is 22.3 Å². The molecule has 4 rings (SSSR count). The number of hydrogen-bond donors (Lipinski definition) is 2. The molecule has 0 unspecified atom stereocenters. The largest absolute Gasteiger partial charge is 0.323 e. The minimum absolute atomic E-state index is 0.323. The van der Waals surface area contributed by atoms with Crippen LogP contribution in [0.3, 0.4) is 0 Å². The fraction of sp³-hybridized carbons (Fsp3) is 0.0526. The molecule has 0 spiro atoms. The van der Waals surface area contributed by atoms with Crippen LogP contribution in [0.4, 0.5) is 16.2 Å². The molecule has 0 aliphatic carbocycles. The smallest absolute Gasteiger partial charge is 0.308 e. The van der Waals surface area contributed by atoms with Crippen molar-refractivity contribution in [2.75, 3.05) is 10.6 Å². The van der Waals surface area contributed by atoms with Crippen molar-refractivity contribution in [3.63, 3.8) is 0 Å². The maximum atomic E-state index is 12.2. The van der Waals surface area contributed by atoms with Gasteiger partial charge in [-0.15, -0.1) is 0 Å². The number of aryl methyl sites for hydroxylation is 1. The molecule has 0 saturated heterocycles. The van der Waals surface area contributed by atoms with Crippen molar-refractivity contribution in [2.45, 2.75) is 0 Å². The maximum Gasteiger partial charge on any atom is 0.323 e. The number of aromatic nitrogens is 4. The van der Waals surface area contributed by atoms with E-state index in [1.807, 2.05) is 43.6 Å². The molecule has 27 heavy (non-hydrogen) atoms. The van der Waals surface area contributed by atoms with E-state index in [0.29, 0.717) is 16.9 Å². The highest BCUT2D eigenvalue weighted by Crippen LogP contribution is 2.21. The summed E-state index contributed by atoms with van der Waals surface area (Å²) in [5, 5.41) is 9.74. The molecule has 0 radical (unpaired) electrons. The third-order valence-corrected chi connectivity index (χ3v) is 4.43. The van der Waals surface area contributed by atoms with Gasteiger partial charge in [0.1, 0.15) is 0 Å². The zero-order valence-corrected chi connectivity index (χ0v) is 15.9. The second-order valence-corrected chi connectivity index (χ2v) is 6.86. The van der Waals surface area contributed by atoms with Gasteiger partial charge in [-0.05, 0) is 42.5 Å². The molecule has 0 atom stereocenters. The van der Waals surface area contributed by atoms with E-state index in [2.05, 4.69) is 41.6 Å². The molecule has 2 aromatic carbocycles. The van der Waals surface area contributed by atoms with Gasteiger partial charge in [-0.3, -0.25) is 9.67 Å². The number of fused-ring (bicyclic) bond motifs is 1. The first-order chi connectivity index (χ1) is 13.1. The van der Waals surface area contributed by atoms with Gasteiger partial charge in [0.2, 0.25) is 0 Å². The standard InChI is InChI=1S/C19H15BrN6O/c1-26-11-12(9-22-26)18-10-21-17-8-15(6-7-16(17)25-18)24-19(27)23-14-4-2-13(20)3-5-14/h2-11H,1H3,(H2,23,24,27). The molecule has 2 heterocycles. The Kier molecular flexibility index (Phi) is 4.55. The lowest BCUT2D eigenvalue weighted by atomic mass is 10.2. The first kappa shape index (κ1) is 17.2. The number of rotatable bonds is 3. The van der Waals surface area contributed by atoms with Gasteiger partial charge < -0.3 is 10.6 Å². The van der Waals surface area contributed by atoms with Gasteiger partial charge in [0.25, 0.3) is 0 Å². The van der Waals surface area contributed by atoms with Gasteiger partial charge in [0.15, 0.2) is 0 Å². The van der Waals surface area contributed by atoms with Crippen molar-refractivity contribution in [2.24, 2.45) is 7.05 Å². The Morgan fingerprint density at radius 3 is 2.48 bits per heavy atom. The van der Waals surface area contributed by atoms with E-state index < -0.39 is 0 Å². The molecule has 0 aliphatic rings. The van der Waals surface area contributed by atoms with E-state index in [1.165, 1.54) is 0 Å². The Morgan fingerprint density at radius 1 is 1.00 bits per heavy atom. The summed E-state index contributed by atoms with van der Waals surface area (Å²) in [6, 6.07) is 12.4. The van der Waals surface area contributed by atoms with Crippen molar-refractivity contribution in [1.29, 1.82) is 0 Å². The summed E-state index contributed by atoms with van der Waals surface area (Å²) < 4.78 is 2.67. The molecule has 0 aliphatic heterocycles. The molecular formula is C19H15BrN6O. The van der Waals surface area contributed by atoms with Crippen molar-refractivity contribution in [3.8, 4) is 11.3 Å². The summed E-state index contributed by atoms with van der Waals surface area (Å²) in [6.45, 7) is 0. The topological polar surface area (TPSA) is 84.7 Å². The van der Waals surface area contributed by atoms with Crippen molar-refractivity contribution in [3.05, 3.63) is 65.5 Å². The molecule has 0 bridgehead atoms. The number of benzene rings is 2. The number of halogens is 1. The Bertz CT molecular complexity index is 1120. The average Bonchev–Trinajstić information content (AvgIpc) is 3.09. The Hall–Kier alpha value is -3.26. The van der Waals surface area contributed by atoms with Crippen LogP contribution in [0.1, 0.15) is 0 Å². The lowest BCUT2D eigenvalue weighted by Crippen LogP contribution is -2.19. The number of carbonyl (C=O) groups is 1. The van der Waals surface area contributed by atoms with Crippen LogP contribution in [-0.2, 0) is 7.05 Å². The molecule has 8 heteroatoms. The van der Waals surface area contributed by atoms with Crippen molar-refractivity contribution >= 4 is 44.4 Å². The molecule has 134 valence electrons. The average molecular weight is 423 g/mol. The molecule has 2 N–H and O–H groups in total. The van der Waals surface area contributed by atoms with Crippen LogP contribution in [-0.4, -0.2) is 25.8 Å². The first-order valence-corrected chi connectivity index (χ1v) is 8.95. The highest BCUT2D eigenvalue weighted by molar-refractivity contribution is 9.10. The van der Waals surface area contributed by atoms with E-state index in [0.717, 1.165) is 21.2 Å². The highest BCUT2D eigenvalue weighted by Gasteiger charge is 2.07. The van der Waals surface area contributed by atoms with Gasteiger partial charge in [0.05, 0.1) is 29.1 Å². The van der Waals surface area contributed by atoms with Crippen LogP contribution in [0, 0.1) is 0 Å². The predicted molar refractivity (Wildman–Crippen MR) is 109 cm³/mol. The SMILES string of the molecule is Cn1cc(-c2cnc3cc(NC(=O)Nc4ccc(Br)cc4)ccc3n2)cn1. The van der Waals surface area contributed by atoms with Gasteiger partial charge >= 0.3 is 6.03 Å². The van der Waals surface area contributed by atoms with Gasteiger partial charge in [0, 0.05) is 34.7 Å². The van der Waals surface area contributed by atoms with Crippen LogP contribution in [0.2, 0.25) is 0 Å². The number of nitrogens with zero attached hydrogens (tertiary/aromatic N) is 4. The third-order valence-electron chi connectivity index (χ3n) is 3.90. The lowest BCUT2D eigenvalue weighted by Gasteiger charge is -2.08. The zero-order valence-electron chi connectivity index (χ0n) is 14.3. The number of nitrogens with one attached hydrogen (secondary N) is 2. The first-order valence-electron chi connectivity index (χ1n) is 8.16. The Labute approximate surface area is 163 Å².